The Morgan fingerprint density at radius 2 is 1.24 bits per heavy atom. The van der Waals surface area contributed by atoms with Gasteiger partial charge in [0.1, 0.15) is 0 Å². The van der Waals surface area contributed by atoms with Crippen LogP contribution in [0.3, 0.4) is 0 Å². The third-order valence-corrected chi connectivity index (χ3v) is 1.24. The van der Waals surface area contributed by atoms with Gasteiger partial charge in [-0.15, -0.1) is 0 Å². The van der Waals surface area contributed by atoms with Gasteiger partial charge in [0.25, 0.3) is 18.1 Å². The summed E-state index contributed by atoms with van der Waals surface area (Å²) in [6.07, 6.45) is 4.88. The minimum absolute atomic E-state index is 1.02. The van der Waals surface area contributed by atoms with Gasteiger partial charge in [-0.2, -0.15) is 8.42 Å². The number of unbranched alkanes of at least 4 members (excludes halogenated alkanes) is 3. The first kappa shape index (κ1) is 23.2. The van der Waals surface area contributed by atoms with Crippen molar-refractivity contribution in [1.29, 1.82) is 0 Å². The van der Waals surface area contributed by atoms with E-state index in [9.17, 15) is 0 Å². The van der Waals surface area contributed by atoms with Crippen molar-refractivity contribution in [3.05, 3.63) is 6.92 Å². The SMILES string of the molecule is O=S(O)(O)=S.O=S(O)(O)=S.[CH2]CCCC[CH2][Co]. The molecule has 0 aliphatic carbocycles. The van der Waals surface area contributed by atoms with Gasteiger partial charge in [-0.1, -0.05) is 0 Å². The van der Waals surface area contributed by atoms with Crippen molar-refractivity contribution in [3.8, 4) is 0 Å². The summed E-state index contributed by atoms with van der Waals surface area (Å²) < 4.78 is 47.9. The summed E-state index contributed by atoms with van der Waals surface area (Å²) in [7, 11) is -7.67. The monoisotopic (exact) mass is 371 g/mol. The zero-order valence-electron chi connectivity index (χ0n) is 8.81. The molecule has 11 heteroatoms. The summed E-state index contributed by atoms with van der Waals surface area (Å²) in [4.78, 5) is 0. The second-order valence-corrected chi connectivity index (χ2v) is 7.39. The third-order valence-electron chi connectivity index (χ3n) is 0.868. The Bertz CT molecular complexity index is 288. The summed E-state index contributed by atoms with van der Waals surface area (Å²) >= 11 is 11.0. The molecule has 6 nitrogen and oxygen atoms in total. The quantitative estimate of drug-likeness (QED) is 0.552. The van der Waals surface area contributed by atoms with E-state index in [0.29, 0.717) is 0 Å². The molecular weight excluding hydrogens is 355 g/mol. The zero-order valence-corrected chi connectivity index (χ0v) is 13.1. The van der Waals surface area contributed by atoms with Gasteiger partial charge in [0.05, 0.1) is 0 Å². The Hall–Kier alpha value is 1.09. The Kier molecular flexibility index (Phi) is 18.4. The Balaban J connectivity index is -0.000000177. The molecule has 109 valence electrons. The van der Waals surface area contributed by atoms with E-state index >= 15 is 0 Å². The van der Waals surface area contributed by atoms with Crippen LogP contribution in [-0.2, 0) is 56.2 Å². The van der Waals surface area contributed by atoms with E-state index < -0.39 is 18.1 Å². The summed E-state index contributed by atoms with van der Waals surface area (Å²) in [5.41, 5.74) is 0. The molecule has 1 radical (unpaired) electrons. The van der Waals surface area contributed by atoms with E-state index in [1.807, 2.05) is 0 Å². The molecule has 0 unspecified atom stereocenters. The van der Waals surface area contributed by atoms with Gasteiger partial charge in [0.2, 0.25) is 0 Å². The van der Waals surface area contributed by atoms with Crippen molar-refractivity contribution in [2.45, 2.75) is 31.0 Å². The fourth-order valence-corrected chi connectivity index (χ4v) is 0.697. The normalized spacial score (nSPS) is 10.8. The van der Waals surface area contributed by atoms with Gasteiger partial charge in [0.15, 0.2) is 0 Å². The van der Waals surface area contributed by atoms with Crippen molar-refractivity contribution in [2.75, 3.05) is 0 Å². The average molecular weight is 371 g/mol. The molecule has 0 aliphatic heterocycles. The standard InChI is InChI=1S/C6H12.Co.2H2O3S2/c1-3-5-6-4-2;;2*1-5(2,3)4/h1-6H2;;2*(H2,1,2,3,4). The van der Waals surface area contributed by atoms with Crippen LogP contribution in [-0.4, -0.2) is 26.6 Å². The predicted octanol–water partition coefficient (Wildman–Crippen LogP) is 1.70. The first-order valence-electron chi connectivity index (χ1n) is 4.13. The summed E-state index contributed by atoms with van der Waals surface area (Å²) in [6, 6.07) is 0. The molecule has 0 bridgehead atoms. The van der Waals surface area contributed by atoms with Gasteiger partial charge in [-0.3, -0.25) is 18.2 Å². The molecule has 0 heterocycles. The van der Waals surface area contributed by atoms with E-state index in [0.717, 1.165) is 11.8 Å². The van der Waals surface area contributed by atoms with Crippen LogP contribution in [0.2, 0.25) is 5.36 Å². The molecule has 0 spiro atoms. The van der Waals surface area contributed by atoms with Crippen LogP contribution < -0.4 is 0 Å². The molecule has 0 rings (SSSR count). The fourth-order valence-electron chi connectivity index (χ4n) is 0.437. The van der Waals surface area contributed by atoms with E-state index in [4.69, 9.17) is 26.6 Å². The molecule has 0 fully saturated rings. The maximum absolute atomic E-state index is 9.11. The molecular formula is C6H16CoO6S4. The number of rotatable bonds is 4. The average Bonchev–Trinajstić information content (AvgIpc) is 1.99. The van der Waals surface area contributed by atoms with Gasteiger partial charge in [0, 0.05) is 22.4 Å². The third kappa shape index (κ3) is 150. The molecule has 0 aliphatic rings. The summed E-state index contributed by atoms with van der Waals surface area (Å²) in [6.45, 7) is 3.73. The molecule has 0 atom stereocenters. The number of hydrogen-bond acceptors (Lipinski definition) is 4. The topological polar surface area (TPSA) is 115 Å². The second kappa shape index (κ2) is 13.5. The van der Waals surface area contributed by atoms with E-state index in [-0.39, 0.29) is 0 Å². The molecule has 0 saturated carbocycles. The molecule has 0 saturated heterocycles. The second-order valence-electron chi connectivity index (χ2n) is 2.48. The summed E-state index contributed by atoms with van der Waals surface area (Å²) in [5.74, 6) is 0. The maximum atomic E-state index is 9.11. The first-order chi connectivity index (χ1) is 7.41. The van der Waals surface area contributed by atoms with Crippen LogP contribution in [0.25, 0.3) is 0 Å². The zero-order chi connectivity index (χ0) is 14.5. The molecule has 17 heavy (non-hydrogen) atoms. The van der Waals surface area contributed by atoms with Gasteiger partial charge in [-0.25, -0.2) is 0 Å². The van der Waals surface area contributed by atoms with Gasteiger partial charge in [-0.05, 0) is 0 Å². The van der Waals surface area contributed by atoms with E-state index in [1.54, 1.807) is 0 Å². The first-order valence-corrected chi connectivity index (χ1v) is 9.66. The van der Waals surface area contributed by atoms with Crippen LogP contribution in [0.15, 0.2) is 0 Å². The molecule has 0 aromatic carbocycles. The van der Waals surface area contributed by atoms with Crippen molar-refractivity contribution in [1.82, 2.24) is 0 Å². The van der Waals surface area contributed by atoms with E-state index in [2.05, 4.69) is 45.0 Å². The Labute approximate surface area is 120 Å². The Morgan fingerprint density at radius 3 is 1.41 bits per heavy atom. The van der Waals surface area contributed by atoms with Gasteiger partial charge >= 0.3 is 53.7 Å². The summed E-state index contributed by atoms with van der Waals surface area (Å²) in [5, 5.41) is 1.02. The van der Waals surface area contributed by atoms with Crippen LogP contribution >= 0.6 is 0 Å². The molecule has 0 aromatic rings. The fraction of sp³-hybridized carbons (Fsp3) is 0.833. The van der Waals surface area contributed by atoms with Crippen LogP contribution in [0.5, 0.6) is 0 Å². The minimum atomic E-state index is -3.83. The molecule has 4 N–H and O–H groups in total. The van der Waals surface area contributed by atoms with E-state index in [1.165, 1.54) is 19.3 Å². The molecule has 0 aromatic heterocycles. The van der Waals surface area contributed by atoms with Crippen LogP contribution in [0, 0.1) is 6.92 Å². The van der Waals surface area contributed by atoms with Crippen molar-refractivity contribution in [3.63, 3.8) is 0 Å². The molecule has 0 amide bonds. The van der Waals surface area contributed by atoms with Gasteiger partial charge < -0.3 is 0 Å². The van der Waals surface area contributed by atoms with Crippen molar-refractivity contribution in [2.24, 2.45) is 0 Å². The van der Waals surface area contributed by atoms with Crippen molar-refractivity contribution >= 4 is 40.5 Å². The number of hydrogen-bond donors (Lipinski definition) is 4. The predicted molar refractivity (Wildman–Crippen MR) is 70.2 cm³/mol. The van der Waals surface area contributed by atoms with Crippen LogP contribution in [0.4, 0.5) is 0 Å². The van der Waals surface area contributed by atoms with Crippen molar-refractivity contribution < 1.29 is 42.4 Å². The van der Waals surface area contributed by atoms with Crippen LogP contribution in [0.1, 0.15) is 25.7 Å². The Morgan fingerprint density at radius 1 is 0.941 bits per heavy atom.